The first-order valence-corrected chi connectivity index (χ1v) is 8.84. The number of para-hydroxylation sites is 1. The molecular formula is C20H19N5O2. The number of hydrogen-bond acceptors (Lipinski definition) is 7. The van der Waals surface area contributed by atoms with Gasteiger partial charge in [0, 0.05) is 17.9 Å². The predicted octanol–water partition coefficient (Wildman–Crippen LogP) is 3.49. The highest BCUT2D eigenvalue weighted by Crippen LogP contribution is 2.33. The monoisotopic (exact) mass is 361 g/mol. The van der Waals surface area contributed by atoms with Crippen molar-refractivity contribution in [1.29, 1.82) is 0 Å². The van der Waals surface area contributed by atoms with Crippen LogP contribution in [-0.4, -0.2) is 34.3 Å². The van der Waals surface area contributed by atoms with Gasteiger partial charge < -0.3 is 15.0 Å². The lowest BCUT2D eigenvalue weighted by atomic mass is 10.2. The number of carbonyl (C=O) groups excluding carboxylic acids is 1. The number of benzene rings is 2. The van der Waals surface area contributed by atoms with Gasteiger partial charge in [-0.3, -0.25) is 0 Å². The Morgan fingerprint density at radius 3 is 2.81 bits per heavy atom. The average molecular weight is 361 g/mol. The number of nitrogens with zero attached hydrogens (tertiary/aromatic N) is 4. The van der Waals surface area contributed by atoms with Crippen molar-refractivity contribution in [3.05, 3.63) is 65.9 Å². The second-order valence-corrected chi connectivity index (χ2v) is 6.09. The molecule has 1 aromatic heterocycles. The van der Waals surface area contributed by atoms with E-state index in [9.17, 15) is 4.79 Å². The summed E-state index contributed by atoms with van der Waals surface area (Å²) >= 11 is 0. The van der Waals surface area contributed by atoms with Crippen molar-refractivity contribution in [3.63, 3.8) is 0 Å². The average Bonchev–Trinajstić information content (AvgIpc) is 3.13. The molecular weight excluding hydrogens is 342 g/mol. The summed E-state index contributed by atoms with van der Waals surface area (Å²) < 4.78 is 4.99. The standard InChI is InChI=1S/C20H19N5O2/c1-2-27-19(26)15-7-9-16(10-8-15)22-20-23-18(13-21-24-20)25-12-11-14-5-3-4-6-17(14)25/h3-10,13H,2,11-12H2,1H3,(H,22,23,24). The third-order valence-electron chi connectivity index (χ3n) is 4.36. The molecule has 0 aliphatic carbocycles. The summed E-state index contributed by atoms with van der Waals surface area (Å²) in [7, 11) is 0. The van der Waals surface area contributed by atoms with E-state index in [0.717, 1.165) is 30.2 Å². The fraction of sp³-hybridized carbons (Fsp3) is 0.200. The van der Waals surface area contributed by atoms with Crippen LogP contribution in [0.4, 0.5) is 23.1 Å². The minimum Gasteiger partial charge on any atom is -0.462 e. The molecule has 0 bridgehead atoms. The van der Waals surface area contributed by atoms with Crippen LogP contribution in [0, 0.1) is 0 Å². The van der Waals surface area contributed by atoms with E-state index in [1.165, 1.54) is 5.56 Å². The molecule has 0 saturated heterocycles. The summed E-state index contributed by atoms with van der Waals surface area (Å²) in [5, 5.41) is 11.3. The van der Waals surface area contributed by atoms with Crippen LogP contribution in [-0.2, 0) is 11.2 Å². The van der Waals surface area contributed by atoms with Crippen molar-refractivity contribution in [2.24, 2.45) is 0 Å². The number of nitrogens with one attached hydrogen (secondary N) is 1. The molecule has 1 N–H and O–H groups in total. The second kappa shape index (κ2) is 7.41. The van der Waals surface area contributed by atoms with Crippen LogP contribution in [0.5, 0.6) is 0 Å². The quantitative estimate of drug-likeness (QED) is 0.697. The number of esters is 1. The lowest BCUT2D eigenvalue weighted by molar-refractivity contribution is 0.0526. The third-order valence-corrected chi connectivity index (χ3v) is 4.36. The number of fused-ring (bicyclic) bond motifs is 1. The van der Waals surface area contributed by atoms with E-state index in [1.807, 2.05) is 12.1 Å². The highest BCUT2D eigenvalue weighted by molar-refractivity contribution is 5.89. The number of carbonyl (C=O) groups is 1. The van der Waals surface area contributed by atoms with E-state index in [1.54, 1.807) is 37.4 Å². The minimum atomic E-state index is -0.336. The molecule has 3 aromatic rings. The molecule has 1 aliphatic rings. The normalized spacial score (nSPS) is 12.6. The molecule has 0 amide bonds. The zero-order valence-corrected chi connectivity index (χ0v) is 14.9. The topological polar surface area (TPSA) is 80.2 Å². The van der Waals surface area contributed by atoms with Crippen LogP contribution >= 0.6 is 0 Å². The zero-order valence-electron chi connectivity index (χ0n) is 14.9. The van der Waals surface area contributed by atoms with Crippen LogP contribution in [0.3, 0.4) is 0 Å². The van der Waals surface area contributed by atoms with Gasteiger partial charge in [0.05, 0.1) is 18.4 Å². The van der Waals surface area contributed by atoms with Gasteiger partial charge in [0.2, 0.25) is 5.95 Å². The summed E-state index contributed by atoms with van der Waals surface area (Å²) in [6, 6.07) is 15.3. The second-order valence-electron chi connectivity index (χ2n) is 6.09. The molecule has 7 nitrogen and oxygen atoms in total. The lowest BCUT2D eigenvalue weighted by Gasteiger charge is -2.18. The highest BCUT2D eigenvalue weighted by atomic mass is 16.5. The van der Waals surface area contributed by atoms with E-state index in [-0.39, 0.29) is 5.97 Å². The molecule has 0 unspecified atom stereocenters. The van der Waals surface area contributed by atoms with Gasteiger partial charge in [-0.2, -0.15) is 10.1 Å². The molecule has 0 saturated carbocycles. The first-order valence-electron chi connectivity index (χ1n) is 8.84. The summed E-state index contributed by atoms with van der Waals surface area (Å²) in [6.07, 6.45) is 2.65. The van der Waals surface area contributed by atoms with Gasteiger partial charge in [0.1, 0.15) is 0 Å². The number of aromatic nitrogens is 3. The largest absolute Gasteiger partial charge is 0.462 e. The van der Waals surface area contributed by atoms with Crippen LogP contribution in [0.1, 0.15) is 22.8 Å². The van der Waals surface area contributed by atoms with Gasteiger partial charge >= 0.3 is 5.97 Å². The number of anilines is 4. The number of rotatable bonds is 5. The third kappa shape index (κ3) is 3.57. The fourth-order valence-electron chi connectivity index (χ4n) is 3.09. The predicted molar refractivity (Wildman–Crippen MR) is 103 cm³/mol. The Hall–Kier alpha value is -3.48. The molecule has 0 spiro atoms. The van der Waals surface area contributed by atoms with Crippen LogP contribution in [0.2, 0.25) is 0 Å². The van der Waals surface area contributed by atoms with Crippen LogP contribution in [0.25, 0.3) is 0 Å². The van der Waals surface area contributed by atoms with E-state index < -0.39 is 0 Å². The van der Waals surface area contributed by atoms with E-state index >= 15 is 0 Å². The van der Waals surface area contributed by atoms with Gasteiger partial charge in [-0.25, -0.2) is 4.79 Å². The summed E-state index contributed by atoms with van der Waals surface area (Å²) in [5.74, 6) is 0.818. The Bertz CT molecular complexity index is 959. The van der Waals surface area contributed by atoms with Crippen molar-refractivity contribution >= 4 is 29.1 Å². The maximum Gasteiger partial charge on any atom is 0.338 e. The minimum absolute atomic E-state index is 0.336. The molecule has 4 rings (SSSR count). The van der Waals surface area contributed by atoms with Gasteiger partial charge in [-0.15, -0.1) is 5.10 Å². The van der Waals surface area contributed by atoms with Gasteiger partial charge in [-0.1, -0.05) is 18.2 Å². The van der Waals surface area contributed by atoms with Crippen molar-refractivity contribution < 1.29 is 9.53 Å². The summed E-state index contributed by atoms with van der Waals surface area (Å²) in [5.41, 5.74) is 3.73. The first-order chi connectivity index (χ1) is 13.2. The lowest BCUT2D eigenvalue weighted by Crippen LogP contribution is -2.16. The maximum absolute atomic E-state index is 11.7. The SMILES string of the molecule is CCOC(=O)c1ccc(Nc2nncc(N3CCc4ccccc43)n2)cc1. The summed E-state index contributed by atoms with van der Waals surface area (Å²) in [4.78, 5) is 18.4. The summed E-state index contributed by atoms with van der Waals surface area (Å²) in [6.45, 7) is 3.00. The van der Waals surface area contributed by atoms with Gasteiger partial charge in [-0.05, 0) is 49.2 Å². The molecule has 1 aliphatic heterocycles. The molecule has 2 aromatic carbocycles. The highest BCUT2D eigenvalue weighted by Gasteiger charge is 2.21. The molecule has 2 heterocycles. The molecule has 0 radical (unpaired) electrons. The van der Waals surface area contributed by atoms with Crippen molar-refractivity contribution in [2.45, 2.75) is 13.3 Å². The first kappa shape index (κ1) is 17.0. The zero-order chi connectivity index (χ0) is 18.6. The Morgan fingerprint density at radius 2 is 2.00 bits per heavy atom. The van der Waals surface area contributed by atoms with Crippen molar-refractivity contribution in [3.8, 4) is 0 Å². The van der Waals surface area contributed by atoms with E-state index in [2.05, 4.69) is 37.5 Å². The Balaban J connectivity index is 1.51. The Labute approximate surface area is 157 Å². The van der Waals surface area contributed by atoms with Crippen LogP contribution in [0.15, 0.2) is 54.7 Å². The fourth-order valence-corrected chi connectivity index (χ4v) is 3.09. The molecule has 136 valence electrons. The molecule has 27 heavy (non-hydrogen) atoms. The smallest absolute Gasteiger partial charge is 0.338 e. The molecule has 0 fully saturated rings. The Kier molecular flexibility index (Phi) is 4.65. The Morgan fingerprint density at radius 1 is 1.19 bits per heavy atom. The maximum atomic E-state index is 11.7. The number of hydrogen-bond donors (Lipinski definition) is 1. The van der Waals surface area contributed by atoms with Gasteiger partial charge in [0.15, 0.2) is 5.82 Å². The van der Waals surface area contributed by atoms with Gasteiger partial charge in [0.25, 0.3) is 0 Å². The van der Waals surface area contributed by atoms with Crippen molar-refractivity contribution in [1.82, 2.24) is 15.2 Å². The van der Waals surface area contributed by atoms with Crippen LogP contribution < -0.4 is 10.2 Å². The number of ether oxygens (including phenoxy) is 1. The van der Waals surface area contributed by atoms with E-state index in [4.69, 9.17) is 4.74 Å². The molecule has 7 heteroatoms. The van der Waals surface area contributed by atoms with Crippen molar-refractivity contribution in [2.75, 3.05) is 23.4 Å². The molecule has 0 atom stereocenters. The van der Waals surface area contributed by atoms with E-state index in [0.29, 0.717) is 18.1 Å².